The number of H-pyrrole nitrogens is 1. The minimum absolute atomic E-state index is 0.517. The summed E-state index contributed by atoms with van der Waals surface area (Å²) in [5.41, 5.74) is 4.74. The van der Waals surface area contributed by atoms with Crippen molar-refractivity contribution in [3.8, 4) is 17.2 Å². The normalized spacial score (nSPS) is 13.6. The molecule has 0 fully saturated rings. The van der Waals surface area contributed by atoms with E-state index in [9.17, 15) is 5.26 Å². The number of halogens is 1. The molecule has 1 aliphatic rings. The maximum atomic E-state index is 9.47. The first kappa shape index (κ1) is 13.4. The number of aryl methyl sites for hydroxylation is 1. The van der Waals surface area contributed by atoms with Crippen LogP contribution in [0.4, 0.5) is 0 Å². The summed E-state index contributed by atoms with van der Waals surface area (Å²) >= 11 is 11.7. The highest BCUT2D eigenvalue weighted by molar-refractivity contribution is 7.71. The van der Waals surface area contributed by atoms with Gasteiger partial charge in [0.05, 0.1) is 5.56 Å². The van der Waals surface area contributed by atoms with Crippen molar-refractivity contribution in [3.05, 3.63) is 50.7 Å². The first-order chi connectivity index (χ1) is 9.72. The number of aromatic nitrogens is 1. The molecule has 20 heavy (non-hydrogen) atoms. The number of hydrogen-bond donors (Lipinski definition) is 1. The van der Waals surface area contributed by atoms with Crippen LogP contribution in [0.15, 0.2) is 24.3 Å². The van der Waals surface area contributed by atoms with Crippen LogP contribution in [-0.4, -0.2) is 4.98 Å². The third-order valence-electron chi connectivity index (χ3n) is 3.77. The van der Waals surface area contributed by atoms with Crippen molar-refractivity contribution < 1.29 is 0 Å². The fourth-order valence-corrected chi connectivity index (χ4v) is 3.35. The van der Waals surface area contributed by atoms with Gasteiger partial charge in [-0.25, -0.2) is 0 Å². The van der Waals surface area contributed by atoms with Gasteiger partial charge in [-0.2, -0.15) is 5.26 Å². The molecule has 0 spiro atoms. The van der Waals surface area contributed by atoms with Crippen LogP contribution in [-0.2, 0) is 12.8 Å². The summed E-state index contributed by atoms with van der Waals surface area (Å²) in [6.07, 6.45) is 4.25. The Labute approximate surface area is 128 Å². The fraction of sp³-hybridized carbons (Fsp3) is 0.250. The number of hydrogen-bond acceptors (Lipinski definition) is 2. The van der Waals surface area contributed by atoms with Gasteiger partial charge in [0, 0.05) is 21.8 Å². The average molecular weight is 301 g/mol. The summed E-state index contributed by atoms with van der Waals surface area (Å²) in [5.74, 6) is 0. The van der Waals surface area contributed by atoms with Crippen LogP contribution in [0.3, 0.4) is 0 Å². The number of nitriles is 1. The Balaban J connectivity index is 2.39. The standard InChI is InChI=1S/C16H13ClN2S/c17-13-7-3-1-5-10(13)15-11-6-2-4-8-14(11)19-16(20)12(15)9-18/h1,3,5,7H,2,4,6,8H2,(H,19,20). The molecule has 0 aliphatic heterocycles. The second kappa shape index (κ2) is 5.40. The van der Waals surface area contributed by atoms with E-state index in [0.29, 0.717) is 15.2 Å². The Bertz CT molecular complexity index is 771. The first-order valence-corrected chi connectivity index (χ1v) is 7.44. The van der Waals surface area contributed by atoms with Crippen LogP contribution in [0.1, 0.15) is 29.7 Å². The van der Waals surface area contributed by atoms with Gasteiger partial charge in [-0.3, -0.25) is 0 Å². The zero-order valence-corrected chi connectivity index (χ0v) is 12.4. The van der Waals surface area contributed by atoms with Crippen LogP contribution >= 0.6 is 23.8 Å². The van der Waals surface area contributed by atoms with E-state index < -0.39 is 0 Å². The van der Waals surface area contributed by atoms with Crippen molar-refractivity contribution >= 4 is 23.8 Å². The Morgan fingerprint density at radius 3 is 2.70 bits per heavy atom. The Morgan fingerprint density at radius 2 is 1.95 bits per heavy atom. The van der Waals surface area contributed by atoms with Gasteiger partial charge in [0.15, 0.2) is 0 Å². The SMILES string of the molecule is N#Cc1c(-c2ccccc2Cl)c2c([nH]c1=S)CCCC2. The lowest BCUT2D eigenvalue weighted by Gasteiger charge is -2.21. The molecule has 0 saturated heterocycles. The molecule has 1 aliphatic carbocycles. The Morgan fingerprint density at radius 1 is 1.20 bits per heavy atom. The van der Waals surface area contributed by atoms with Crippen molar-refractivity contribution in [2.45, 2.75) is 25.7 Å². The minimum Gasteiger partial charge on any atom is -0.349 e. The number of nitrogens with zero attached hydrogens (tertiary/aromatic N) is 1. The van der Waals surface area contributed by atoms with E-state index in [1.807, 2.05) is 24.3 Å². The summed E-state index contributed by atoms with van der Waals surface area (Å²) in [6.45, 7) is 0. The van der Waals surface area contributed by atoms with E-state index in [1.165, 1.54) is 5.56 Å². The van der Waals surface area contributed by atoms with Crippen molar-refractivity contribution in [1.82, 2.24) is 4.98 Å². The fourth-order valence-electron chi connectivity index (χ4n) is 2.85. The van der Waals surface area contributed by atoms with Crippen LogP contribution in [0.25, 0.3) is 11.1 Å². The number of aromatic amines is 1. The molecule has 1 N–H and O–H groups in total. The number of nitrogens with one attached hydrogen (secondary N) is 1. The van der Waals surface area contributed by atoms with Gasteiger partial charge in [-0.1, -0.05) is 42.0 Å². The molecule has 100 valence electrons. The summed E-state index contributed by atoms with van der Waals surface area (Å²) in [7, 11) is 0. The molecule has 1 heterocycles. The molecule has 2 nitrogen and oxygen atoms in total. The van der Waals surface area contributed by atoms with E-state index >= 15 is 0 Å². The van der Waals surface area contributed by atoms with Crippen LogP contribution in [0, 0.1) is 16.0 Å². The molecular weight excluding hydrogens is 288 g/mol. The molecule has 0 atom stereocenters. The van der Waals surface area contributed by atoms with Crippen molar-refractivity contribution in [3.63, 3.8) is 0 Å². The molecule has 1 aromatic heterocycles. The molecule has 2 aromatic rings. The third kappa shape index (κ3) is 2.15. The van der Waals surface area contributed by atoms with Crippen LogP contribution < -0.4 is 0 Å². The summed E-state index contributed by atoms with van der Waals surface area (Å²) in [6, 6.07) is 9.90. The molecule has 4 heteroatoms. The molecule has 0 radical (unpaired) electrons. The highest BCUT2D eigenvalue weighted by Gasteiger charge is 2.21. The molecule has 3 rings (SSSR count). The minimum atomic E-state index is 0.517. The predicted molar refractivity (Wildman–Crippen MR) is 83.4 cm³/mol. The first-order valence-electron chi connectivity index (χ1n) is 6.65. The number of rotatable bonds is 1. The Kier molecular flexibility index (Phi) is 3.60. The van der Waals surface area contributed by atoms with E-state index in [2.05, 4.69) is 11.1 Å². The molecule has 1 aromatic carbocycles. The number of fused-ring (bicyclic) bond motifs is 1. The average Bonchev–Trinajstić information content (AvgIpc) is 2.46. The number of pyridine rings is 1. The highest BCUT2D eigenvalue weighted by atomic mass is 35.5. The lowest BCUT2D eigenvalue weighted by molar-refractivity contribution is 0.668. The van der Waals surface area contributed by atoms with Crippen LogP contribution in [0.2, 0.25) is 5.02 Å². The maximum Gasteiger partial charge on any atom is 0.122 e. The van der Waals surface area contributed by atoms with Gasteiger partial charge < -0.3 is 4.98 Å². The monoisotopic (exact) mass is 300 g/mol. The van der Waals surface area contributed by atoms with E-state index in [0.717, 1.165) is 42.5 Å². The van der Waals surface area contributed by atoms with Crippen molar-refractivity contribution in [1.29, 1.82) is 5.26 Å². The summed E-state index contributed by atoms with van der Waals surface area (Å²) in [4.78, 5) is 3.23. The second-order valence-electron chi connectivity index (χ2n) is 4.96. The lowest BCUT2D eigenvalue weighted by Crippen LogP contribution is -2.09. The quantitative estimate of drug-likeness (QED) is 0.767. The van der Waals surface area contributed by atoms with Gasteiger partial charge in [-0.15, -0.1) is 0 Å². The zero-order chi connectivity index (χ0) is 14.1. The molecule has 0 saturated carbocycles. The number of benzene rings is 1. The lowest BCUT2D eigenvalue weighted by atomic mass is 9.87. The molecule has 0 unspecified atom stereocenters. The third-order valence-corrected chi connectivity index (χ3v) is 4.40. The zero-order valence-electron chi connectivity index (χ0n) is 10.9. The van der Waals surface area contributed by atoms with Gasteiger partial charge >= 0.3 is 0 Å². The topological polar surface area (TPSA) is 39.6 Å². The molecule has 0 bridgehead atoms. The largest absolute Gasteiger partial charge is 0.349 e. The van der Waals surface area contributed by atoms with E-state index in [-0.39, 0.29) is 0 Å². The van der Waals surface area contributed by atoms with Gasteiger partial charge in [0.2, 0.25) is 0 Å². The summed E-state index contributed by atoms with van der Waals surface area (Å²) < 4.78 is 0.517. The van der Waals surface area contributed by atoms with Crippen molar-refractivity contribution in [2.75, 3.05) is 0 Å². The smallest absolute Gasteiger partial charge is 0.122 e. The maximum absolute atomic E-state index is 9.47. The van der Waals surface area contributed by atoms with E-state index in [1.54, 1.807) is 0 Å². The van der Waals surface area contributed by atoms with E-state index in [4.69, 9.17) is 23.8 Å². The Hall–Kier alpha value is -1.63. The summed E-state index contributed by atoms with van der Waals surface area (Å²) in [5, 5.41) is 10.1. The molecular formula is C16H13ClN2S. The predicted octanol–water partition coefficient (Wildman–Crippen LogP) is 4.82. The van der Waals surface area contributed by atoms with Crippen LogP contribution in [0.5, 0.6) is 0 Å². The van der Waals surface area contributed by atoms with Gasteiger partial charge in [-0.05, 0) is 37.3 Å². The van der Waals surface area contributed by atoms with Gasteiger partial charge in [0.1, 0.15) is 10.7 Å². The van der Waals surface area contributed by atoms with Crippen molar-refractivity contribution in [2.24, 2.45) is 0 Å². The second-order valence-corrected chi connectivity index (χ2v) is 5.78. The molecule has 0 amide bonds. The van der Waals surface area contributed by atoms with Gasteiger partial charge in [0.25, 0.3) is 0 Å². The highest BCUT2D eigenvalue weighted by Crippen LogP contribution is 2.37.